The van der Waals surface area contributed by atoms with E-state index in [9.17, 15) is 18.3 Å². The number of fused-ring (bicyclic) bond motifs is 1. The fourth-order valence-electron chi connectivity index (χ4n) is 2.67. The molecule has 0 aliphatic carbocycles. The fourth-order valence-corrected chi connectivity index (χ4v) is 3.84. The number of hydrazone groups is 1. The van der Waals surface area contributed by atoms with Crippen molar-refractivity contribution in [2.24, 2.45) is 5.10 Å². The number of benzene rings is 1. The third kappa shape index (κ3) is 2.11. The van der Waals surface area contributed by atoms with E-state index in [2.05, 4.69) is 5.10 Å². The number of halogens is 3. The van der Waals surface area contributed by atoms with Gasteiger partial charge in [-0.1, -0.05) is 17.7 Å². The Hall–Kier alpha value is -1.60. The third-order valence-electron chi connectivity index (χ3n) is 4.03. The number of rotatable bonds is 1. The lowest BCUT2D eigenvalue weighted by atomic mass is 10.0. The van der Waals surface area contributed by atoms with E-state index >= 15 is 0 Å². The van der Waals surface area contributed by atoms with E-state index in [-0.39, 0.29) is 5.71 Å². The summed E-state index contributed by atoms with van der Waals surface area (Å²) < 4.78 is 40.2. The first-order valence-corrected chi connectivity index (χ1v) is 7.55. The van der Waals surface area contributed by atoms with Crippen molar-refractivity contribution in [1.29, 1.82) is 0 Å². The smallest absolute Gasteiger partial charge is 0.362 e. The summed E-state index contributed by atoms with van der Waals surface area (Å²) in [4.78, 5) is 0.702. The van der Waals surface area contributed by atoms with E-state index < -0.39 is 18.3 Å². The first-order valence-electron chi connectivity index (χ1n) is 6.74. The summed E-state index contributed by atoms with van der Waals surface area (Å²) in [6.45, 7) is 3.85. The van der Waals surface area contributed by atoms with Crippen molar-refractivity contribution in [2.75, 3.05) is 7.05 Å². The van der Waals surface area contributed by atoms with E-state index in [4.69, 9.17) is 0 Å². The van der Waals surface area contributed by atoms with E-state index in [0.717, 1.165) is 28.3 Å². The van der Waals surface area contributed by atoms with Crippen molar-refractivity contribution in [3.8, 4) is 0 Å². The van der Waals surface area contributed by atoms with Gasteiger partial charge in [-0.25, -0.2) is 0 Å². The summed E-state index contributed by atoms with van der Waals surface area (Å²) in [7, 11) is 1.15. The SMILES string of the molecule is Cc1ccc2sc(C3=NN(C)C(O)(C(F)(F)F)C3)c(C)c2c1. The fraction of sp³-hybridized carbons (Fsp3) is 0.400. The molecule has 1 aliphatic heterocycles. The van der Waals surface area contributed by atoms with Crippen LogP contribution in [0.5, 0.6) is 0 Å². The minimum absolute atomic E-state index is 0.277. The number of hydrogen-bond donors (Lipinski definition) is 1. The first kappa shape index (κ1) is 15.3. The molecular weight excluding hydrogens is 313 g/mol. The second-order valence-electron chi connectivity index (χ2n) is 5.62. The molecule has 1 N–H and O–H groups in total. The van der Waals surface area contributed by atoms with Crippen LogP contribution in [0.15, 0.2) is 23.3 Å². The Balaban J connectivity index is 2.07. The lowest BCUT2D eigenvalue weighted by Crippen LogP contribution is -2.53. The van der Waals surface area contributed by atoms with Gasteiger partial charge in [-0.15, -0.1) is 11.3 Å². The van der Waals surface area contributed by atoms with Crippen molar-refractivity contribution in [1.82, 2.24) is 5.01 Å². The van der Waals surface area contributed by atoms with Gasteiger partial charge < -0.3 is 5.11 Å². The van der Waals surface area contributed by atoms with Gasteiger partial charge in [-0.3, -0.25) is 5.01 Å². The topological polar surface area (TPSA) is 35.8 Å². The van der Waals surface area contributed by atoms with Crippen LogP contribution in [0, 0.1) is 13.8 Å². The zero-order chi connectivity index (χ0) is 16.3. The molecule has 1 aromatic carbocycles. The first-order chi connectivity index (χ1) is 10.1. The molecule has 3 nitrogen and oxygen atoms in total. The molecule has 118 valence electrons. The van der Waals surface area contributed by atoms with Gasteiger partial charge >= 0.3 is 6.18 Å². The Kier molecular flexibility index (Phi) is 3.27. The zero-order valence-corrected chi connectivity index (χ0v) is 13.1. The Morgan fingerprint density at radius 2 is 2.00 bits per heavy atom. The number of hydrogen-bond acceptors (Lipinski definition) is 4. The summed E-state index contributed by atoms with van der Waals surface area (Å²) in [6, 6.07) is 5.94. The third-order valence-corrected chi connectivity index (χ3v) is 5.35. The minimum Gasteiger partial charge on any atom is -0.362 e. The molecule has 1 atom stereocenters. The Labute approximate surface area is 129 Å². The normalized spacial score (nSPS) is 22.5. The van der Waals surface area contributed by atoms with Gasteiger partial charge in [-0.2, -0.15) is 18.3 Å². The van der Waals surface area contributed by atoms with Crippen LogP contribution in [-0.2, 0) is 0 Å². The minimum atomic E-state index is -4.76. The summed E-state index contributed by atoms with van der Waals surface area (Å²) >= 11 is 1.41. The molecule has 0 saturated carbocycles. The number of aliphatic hydroxyl groups is 1. The molecule has 3 rings (SSSR count). The van der Waals surface area contributed by atoms with Gasteiger partial charge in [0.05, 0.1) is 17.0 Å². The van der Waals surface area contributed by atoms with E-state index in [1.807, 2.05) is 32.0 Å². The molecule has 1 aromatic heterocycles. The number of aryl methyl sites for hydroxylation is 2. The number of nitrogens with zero attached hydrogens (tertiary/aromatic N) is 2. The van der Waals surface area contributed by atoms with Gasteiger partial charge in [0.1, 0.15) is 0 Å². The van der Waals surface area contributed by atoms with Crippen molar-refractivity contribution in [2.45, 2.75) is 32.2 Å². The zero-order valence-electron chi connectivity index (χ0n) is 12.3. The van der Waals surface area contributed by atoms with Crippen molar-refractivity contribution >= 4 is 27.1 Å². The molecule has 0 amide bonds. The van der Waals surface area contributed by atoms with Crippen LogP contribution in [0.1, 0.15) is 22.4 Å². The maximum atomic E-state index is 13.1. The molecular formula is C15H15F3N2OS. The number of alkyl halides is 3. The molecule has 0 radical (unpaired) electrons. The largest absolute Gasteiger partial charge is 0.438 e. The van der Waals surface area contributed by atoms with Crippen molar-refractivity contribution < 1.29 is 18.3 Å². The van der Waals surface area contributed by atoms with Crippen LogP contribution in [0.4, 0.5) is 13.2 Å². The lowest BCUT2D eigenvalue weighted by Gasteiger charge is -2.31. The van der Waals surface area contributed by atoms with Gasteiger partial charge in [0.15, 0.2) is 0 Å². The average Bonchev–Trinajstić information content (AvgIpc) is 2.89. The van der Waals surface area contributed by atoms with Crippen LogP contribution in [0.2, 0.25) is 0 Å². The van der Waals surface area contributed by atoms with Gasteiger partial charge in [0.25, 0.3) is 5.72 Å². The molecule has 0 saturated heterocycles. The summed E-state index contributed by atoms with van der Waals surface area (Å²) in [6.07, 6.45) is -5.31. The van der Waals surface area contributed by atoms with Crippen LogP contribution >= 0.6 is 11.3 Å². The summed E-state index contributed by atoms with van der Waals surface area (Å²) in [5.74, 6) is 0. The average molecular weight is 328 g/mol. The Morgan fingerprint density at radius 1 is 1.32 bits per heavy atom. The van der Waals surface area contributed by atoms with Gasteiger partial charge in [-0.05, 0) is 30.9 Å². The highest BCUT2D eigenvalue weighted by Gasteiger charge is 2.60. The van der Waals surface area contributed by atoms with E-state index in [1.165, 1.54) is 11.3 Å². The number of thiophene rings is 1. The molecule has 1 unspecified atom stereocenters. The second kappa shape index (κ2) is 4.70. The highest BCUT2D eigenvalue weighted by molar-refractivity contribution is 7.21. The Bertz CT molecular complexity index is 781. The highest BCUT2D eigenvalue weighted by atomic mass is 32.1. The van der Waals surface area contributed by atoms with Gasteiger partial charge in [0.2, 0.25) is 0 Å². The highest BCUT2D eigenvalue weighted by Crippen LogP contribution is 2.42. The van der Waals surface area contributed by atoms with Crippen LogP contribution in [0.3, 0.4) is 0 Å². The molecule has 2 heterocycles. The van der Waals surface area contributed by atoms with Crippen LogP contribution in [-0.4, -0.2) is 34.8 Å². The van der Waals surface area contributed by atoms with E-state index in [1.54, 1.807) is 0 Å². The lowest BCUT2D eigenvalue weighted by molar-refractivity contribution is -0.303. The van der Waals surface area contributed by atoms with Crippen LogP contribution < -0.4 is 0 Å². The second-order valence-corrected chi connectivity index (χ2v) is 6.67. The molecule has 2 aromatic rings. The van der Waals surface area contributed by atoms with Crippen molar-refractivity contribution in [3.63, 3.8) is 0 Å². The van der Waals surface area contributed by atoms with Gasteiger partial charge in [0, 0.05) is 11.7 Å². The summed E-state index contributed by atoms with van der Waals surface area (Å²) in [5, 5.41) is 15.5. The predicted octanol–water partition coefficient (Wildman–Crippen LogP) is 3.81. The maximum absolute atomic E-state index is 13.1. The quantitative estimate of drug-likeness (QED) is 0.864. The predicted molar refractivity (Wildman–Crippen MR) is 81.2 cm³/mol. The van der Waals surface area contributed by atoms with E-state index in [0.29, 0.717) is 9.89 Å². The van der Waals surface area contributed by atoms with Crippen molar-refractivity contribution in [3.05, 3.63) is 34.2 Å². The molecule has 0 fully saturated rings. The summed E-state index contributed by atoms with van der Waals surface area (Å²) in [5.41, 5.74) is -0.654. The molecule has 22 heavy (non-hydrogen) atoms. The molecule has 1 aliphatic rings. The molecule has 0 spiro atoms. The van der Waals surface area contributed by atoms with Crippen LogP contribution in [0.25, 0.3) is 10.1 Å². The maximum Gasteiger partial charge on any atom is 0.438 e. The monoisotopic (exact) mass is 328 g/mol. The molecule has 0 bridgehead atoms. The molecule has 7 heteroatoms. The Morgan fingerprint density at radius 3 is 2.59 bits per heavy atom. The standard InChI is InChI=1S/C15H15F3N2OS/c1-8-4-5-12-10(6-8)9(2)13(22-12)11-7-14(21,15(16,17)18)20(3)19-11/h4-6,21H,7H2,1-3H3.